The van der Waals surface area contributed by atoms with Gasteiger partial charge in [-0.25, -0.2) is 9.97 Å². The fraction of sp³-hybridized carbons (Fsp3) is 0.0667. The van der Waals surface area contributed by atoms with Crippen LogP contribution in [0, 0.1) is 11.3 Å². The molecule has 0 aliphatic carbocycles. The standard InChI is InChI=1S/C15H10N4O2S/c1-21-10-3-5-11-13(6-10)22-15(18-11)19-14(20)12-4-2-9(7-16)8-17-12/h2-6,8H,1H3,(H,18,19,20). The lowest BCUT2D eigenvalue weighted by molar-refractivity contribution is 0.102. The third-order valence-electron chi connectivity index (χ3n) is 2.94. The lowest BCUT2D eigenvalue weighted by Crippen LogP contribution is -2.13. The van der Waals surface area contributed by atoms with E-state index < -0.39 is 0 Å². The number of thiazole rings is 1. The molecule has 0 unspecified atom stereocenters. The highest BCUT2D eigenvalue weighted by Gasteiger charge is 2.11. The summed E-state index contributed by atoms with van der Waals surface area (Å²) in [5.41, 5.74) is 1.42. The highest BCUT2D eigenvalue weighted by molar-refractivity contribution is 7.22. The van der Waals surface area contributed by atoms with Crippen molar-refractivity contribution in [1.82, 2.24) is 9.97 Å². The minimum absolute atomic E-state index is 0.232. The summed E-state index contributed by atoms with van der Waals surface area (Å²) in [6.07, 6.45) is 1.36. The third-order valence-corrected chi connectivity index (χ3v) is 3.87. The number of fused-ring (bicyclic) bond motifs is 1. The number of carbonyl (C=O) groups excluding carboxylic acids is 1. The zero-order valence-corrected chi connectivity index (χ0v) is 12.3. The number of carbonyl (C=O) groups is 1. The van der Waals surface area contributed by atoms with E-state index in [0.717, 1.165) is 16.0 Å². The maximum Gasteiger partial charge on any atom is 0.276 e. The summed E-state index contributed by atoms with van der Waals surface area (Å²) in [4.78, 5) is 20.4. The van der Waals surface area contributed by atoms with Crippen LogP contribution in [0.1, 0.15) is 16.1 Å². The number of nitrogens with zero attached hydrogens (tertiary/aromatic N) is 3. The number of rotatable bonds is 3. The molecule has 1 aromatic carbocycles. The predicted molar refractivity (Wildman–Crippen MR) is 83.1 cm³/mol. The zero-order chi connectivity index (χ0) is 15.5. The Morgan fingerprint density at radius 1 is 1.36 bits per heavy atom. The Morgan fingerprint density at radius 3 is 2.91 bits per heavy atom. The van der Waals surface area contributed by atoms with Crippen LogP contribution in [0.5, 0.6) is 5.75 Å². The first kappa shape index (κ1) is 14.0. The summed E-state index contributed by atoms with van der Waals surface area (Å²) >= 11 is 1.35. The van der Waals surface area contributed by atoms with Gasteiger partial charge in [0.05, 0.1) is 22.9 Å². The first-order valence-corrected chi connectivity index (χ1v) is 7.13. The molecule has 0 aliphatic rings. The van der Waals surface area contributed by atoms with E-state index in [-0.39, 0.29) is 11.6 Å². The number of benzene rings is 1. The highest BCUT2D eigenvalue weighted by atomic mass is 32.1. The second-order valence-corrected chi connectivity index (χ2v) is 5.38. The maximum atomic E-state index is 12.1. The van der Waals surface area contributed by atoms with E-state index in [9.17, 15) is 4.79 Å². The Morgan fingerprint density at radius 2 is 2.23 bits per heavy atom. The van der Waals surface area contributed by atoms with Gasteiger partial charge in [0.25, 0.3) is 5.91 Å². The van der Waals surface area contributed by atoms with Gasteiger partial charge in [0, 0.05) is 6.20 Å². The number of ether oxygens (including phenoxy) is 1. The number of hydrogen-bond donors (Lipinski definition) is 1. The van der Waals surface area contributed by atoms with Crippen LogP contribution in [0.25, 0.3) is 10.2 Å². The van der Waals surface area contributed by atoms with Crippen molar-refractivity contribution in [1.29, 1.82) is 5.26 Å². The third kappa shape index (κ3) is 2.73. The second-order valence-electron chi connectivity index (χ2n) is 4.35. The van der Waals surface area contributed by atoms with Crippen LogP contribution >= 0.6 is 11.3 Å². The molecule has 0 saturated heterocycles. The Labute approximate surface area is 130 Å². The van der Waals surface area contributed by atoms with E-state index in [2.05, 4.69) is 15.3 Å². The molecule has 0 aliphatic heterocycles. The van der Waals surface area contributed by atoms with Crippen LogP contribution in [0.15, 0.2) is 36.5 Å². The van der Waals surface area contributed by atoms with E-state index in [1.165, 1.54) is 23.6 Å². The molecule has 3 rings (SSSR count). The molecular formula is C15H10N4O2S. The van der Waals surface area contributed by atoms with Crippen molar-refractivity contribution in [3.8, 4) is 11.8 Å². The molecular weight excluding hydrogens is 300 g/mol. The summed E-state index contributed by atoms with van der Waals surface area (Å²) in [7, 11) is 1.60. The van der Waals surface area contributed by atoms with Crippen LogP contribution < -0.4 is 10.1 Å². The summed E-state index contributed by atoms with van der Waals surface area (Å²) in [5.74, 6) is 0.373. The lowest BCUT2D eigenvalue weighted by atomic mass is 10.2. The largest absolute Gasteiger partial charge is 0.497 e. The molecule has 0 atom stereocenters. The summed E-state index contributed by atoms with van der Waals surface area (Å²) < 4.78 is 6.08. The van der Waals surface area contributed by atoms with Gasteiger partial charge in [0.15, 0.2) is 5.13 Å². The van der Waals surface area contributed by atoms with Crippen molar-refractivity contribution in [3.63, 3.8) is 0 Å². The summed E-state index contributed by atoms with van der Waals surface area (Å²) in [6, 6.07) is 10.5. The minimum atomic E-state index is -0.365. The van der Waals surface area contributed by atoms with Gasteiger partial charge in [-0.05, 0) is 30.3 Å². The van der Waals surface area contributed by atoms with Gasteiger partial charge in [0.1, 0.15) is 17.5 Å². The van der Waals surface area contributed by atoms with Gasteiger partial charge in [0.2, 0.25) is 0 Å². The van der Waals surface area contributed by atoms with Gasteiger partial charge in [-0.3, -0.25) is 10.1 Å². The fourth-order valence-corrected chi connectivity index (χ4v) is 2.73. The molecule has 7 heteroatoms. The number of aromatic nitrogens is 2. The Kier molecular flexibility index (Phi) is 3.68. The number of methoxy groups -OCH3 is 1. The molecule has 1 amide bonds. The summed E-state index contributed by atoms with van der Waals surface area (Å²) in [5, 5.41) is 11.9. The average Bonchev–Trinajstić information content (AvgIpc) is 2.95. The number of nitriles is 1. The maximum absolute atomic E-state index is 12.1. The normalized spacial score (nSPS) is 10.2. The van der Waals surface area contributed by atoms with Crippen LogP contribution in [-0.4, -0.2) is 23.0 Å². The van der Waals surface area contributed by atoms with Crippen molar-refractivity contribution in [3.05, 3.63) is 47.8 Å². The molecule has 2 aromatic heterocycles. The molecule has 2 heterocycles. The van der Waals surface area contributed by atoms with Gasteiger partial charge < -0.3 is 4.74 Å². The monoisotopic (exact) mass is 310 g/mol. The highest BCUT2D eigenvalue weighted by Crippen LogP contribution is 2.29. The minimum Gasteiger partial charge on any atom is -0.497 e. The molecule has 3 aromatic rings. The zero-order valence-electron chi connectivity index (χ0n) is 11.5. The molecule has 0 fully saturated rings. The summed E-state index contributed by atoms with van der Waals surface area (Å²) in [6.45, 7) is 0. The van der Waals surface area contributed by atoms with E-state index >= 15 is 0 Å². The Balaban J connectivity index is 1.82. The van der Waals surface area contributed by atoms with Gasteiger partial charge >= 0.3 is 0 Å². The number of hydrogen-bond acceptors (Lipinski definition) is 6. The number of pyridine rings is 1. The lowest BCUT2D eigenvalue weighted by Gasteiger charge is -2.00. The number of amides is 1. The predicted octanol–water partition coefficient (Wildman–Crippen LogP) is 2.82. The molecule has 108 valence electrons. The smallest absolute Gasteiger partial charge is 0.276 e. The van der Waals surface area contributed by atoms with Crippen LogP contribution in [0.4, 0.5) is 5.13 Å². The molecule has 1 N–H and O–H groups in total. The quantitative estimate of drug-likeness (QED) is 0.803. The van der Waals surface area contributed by atoms with Crippen molar-refractivity contribution in [2.45, 2.75) is 0 Å². The van der Waals surface area contributed by atoms with Crippen molar-refractivity contribution in [2.75, 3.05) is 12.4 Å². The van der Waals surface area contributed by atoms with Gasteiger partial charge in [-0.2, -0.15) is 5.26 Å². The van der Waals surface area contributed by atoms with Gasteiger partial charge in [-0.15, -0.1) is 0 Å². The fourth-order valence-electron chi connectivity index (χ4n) is 1.84. The molecule has 0 spiro atoms. The number of nitrogens with one attached hydrogen (secondary N) is 1. The van der Waals surface area contributed by atoms with Gasteiger partial charge in [-0.1, -0.05) is 11.3 Å². The van der Waals surface area contributed by atoms with E-state index in [4.69, 9.17) is 10.00 Å². The first-order valence-electron chi connectivity index (χ1n) is 6.31. The van der Waals surface area contributed by atoms with Crippen LogP contribution in [0.2, 0.25) is 0 Å². The first-order chi connectivity index (χ1) is 10.7. The average molecular weight is 310 g/mol. The van der Waals surface area contributed by atoms with E-state index in [1.807, 2.05) is 24.3 Å². The topological polar surface area (TPSA) is 87.9 Å². The SMILES string of the molecule is COc1ccc2nc(NC(=O)c3ccc(C#N)cn3)sc2c1. The molecule has 0 bridgehead atoms. The molecule has 22 heavy (non-hydrogen) atoms. The Bertz CT molecular complexity index is 881. The molecule has 0 saturated carbocycles. The van der Waals surface area contributed by atoms with Crippen LogP contribution in [0.3, 0.4) is 0 Å². The van der Waals surface area contributed by atoms with E-state index in [1.54, 1.807) is 13.2 Å². The van der Waals surface area contributed by atoms with E-state index in [0.29, 0.717) is 10.7 Å². The number of anilines is 1. The molecule has 0 radical (unpaired) electrons. The van der Waals surface area contributed by atoms with Crippen molar-refractivity contribution in [2.24, 2.45) is 0 Å². The Hall–Kier alpha value is -2.98. The van der Waals surface area contributed by atoms with Crippen molar-refractivity contribution >= 4 is 32.6 Å². The van der Waals surface area contributed by atoms with Crippen molar-refractivity contribution < 1.29 is 9.53 Å². The van der Waals surface area contributed by atoms with Crippen LogP contribution in [-0.2, 0) is 0 Å². The molecule has 6 nitrogen and oxygen atoms in total. The second kappa shape index (κ2) is 5.79.